The number of aromatic nitrogens is 2. The van der Waals surface area contributed by atoms with Crippen molar-refractivity contribution in [3.63, 3.8) is 0 Å². The molecular formula is C13H16BrN5O3S. The van der Waals surface area contributed by atoms with E-state index in [0.29, 0.717) is 21.9 Å². The average molecular weight is 402 g/mol. The number of aliphatic hydroxyl groups excluding tert-OH is 1. The highest BCUT2D eigenvalue weighted by molar-refractivity contribution is 9.10. The molecule has 8 nitrogen and oxygen atoms in total. The fourth-order valence-corrected chi connectivity index (χ4v) is 2.49. The normalized spacial score (nSPS) is 12.7. The molecule has 0 aliphatic heterocycles. The lowest BCUT2D eigenvalue weighted by atomic mass is 10.3. The molecule has 0 aliphatic rings. The Hall–Kier alpha value is -1.75. The summed E-state index contributed by atoms with van der Waals surface area (Å²) >= 11 is 3.33. The van der Waals surface area contributed by atoms with Gasteiger partial charge in [-0.15, -0.1) is 0 Å². The molecule has 1 aromatic heterocycles. The Labute approximate surface area is 142 Å². The lowest BCUT2D eigenvalue weighted by Gasteiger charge is -2.14. The number of sulfonamides is 1. The molecule has 10 heteroatoms. The third-order valence-electron chi connectivity index (χ3n) is 2.84. The SMILES string of the molecule is C[C@H](CO)Nc1nc(Nc2ccc(S(N)(=O)=O)cc2)ncc1Br. The Morgan fingerprint density at radius 2 is 2.00 bits per heavy atom. The van der Waals surface area contributed by atoms with E-state index in [2.05, 4.69) is 36.5 Å². The lowest BCUT2D eigenvalue weighted by Crippen LogP contribution is -2.20. The molecule has 2 rings (SSSR count). The maximum absolute atomic E-state index is 11.2. The number of rotatable bonds is 6. The van der Waals surface area contributed by atoms with E-state index in [1.54, 1.807) is 18.3 Å². The Bertz CT molecular complexity index is 783. The Kier molecular flexibility index (Phi) is 5.52. The molecule has 0 spiro atoms. The molecule has 1 aromatic carbocycles. The molecular weight excluding hydrogens is 386 g/mol. The van der Waals surface area contributed by atoms with E-state index in [9.17, 15) is 8.42 Å². The minimum atomic E-state index is -3.72. The van der Waals surface area contributed by atoms with Crippen LogP contribution in [0.25, 0.3) is 0 Å². The van der Waals surface area contributed by atoms with Crippen LogP contribution in [0, 0.1) is 0 Å². The van der Waals surface area contributed by atoms with Crippen molar-refractivity contribution in [3.8, 4) is 0 Å². The molecule has 0 saturated carbocycles. The minimum Gasteiger partial charge on any atom is -0.394 e. The van der Waals surface area contributed by atoms with Crippen molar-refractivity contribution in [2.45, 2.75) is 17.9 Å². The van der Waals surface area contributed by atoms with E-state index in [-0.39, 0.29) is 17.5 Å². The standard InChI is InChI=1S/C13H16BrN5O3S/c1-8(7-20)17-12-11(14)6-16-13(19-12)18-9-2-4-10(5-3-9)23(15,21)22/h2-6,8,20H,7H2,1H3,(H2,15,21,22)(H2,16,17,18,19)/t8-/m1/s1. The summed E-state index contributed by atoms with van der Waals surface area (Å²) in [5.41, 5.74) is 0.612. The van der Waals surface area contributed by atoms with E-state index in [0.717, 1.165) is 0 Å². The van der Waals surface area contributed by atoms with E-state index in [4.69, 9.17) is 10.2 Å². The number of nitrogens with one attached hydrogen (secondary N) is 2. The number of hydrogen-bond donors (Lipinski definition) is 4. The van der Waals surface area contributed by atoms with Crippen LogP contribution in [-0.2, 0) is 10.0 Å². The third-order valence-corrected chi connectivity index (χ3v) is 4.35. The largest absolute Gasteiger partial charge is 0.394 e. The van der Waals surface area contributed by atoms with Crippen molar-refractivity contribution in [1.29, 1.82) is 0 Å². The van der Waals surface area contributed by atoms with Gasteiger partial charge in [-0.1, -0.05) is 0 Å². The van der Waals surface area contributed by atoms with Crippen molar-refractivity contribution in [1.82, 2.24) is 9.97 Å². The minimum absolute atomic E-state index is 0.0268. The number of hydrogen-bond acceptors (Lipinski definition) is 7. The van der Waals surface area contributed by atoms with Gasteiger partial charge in [0.25, 0.3) is 0 Å². The maximum Gasteiger partial charge on any atom is 0.238 e. The van der Waals surface area contributed by atoms with Crippen molar-refractivity contribution in [2.75, 3.05) is 17.2 Å². The van der Waals surface area contributed by atoms with Gasteiger partial charge in [-0.3, -0.25) is 0 Å². The lowest BCUT2D eigenvalue weighted by molar-refractivity contribution is 0.281. The van der Waals surface area contributed by atoms with Gasteiger partial charge in [0.2, 0.25) is 16.0 Å². The molecule has 0 saturated heterocycles. The van der Waals surface area contributed by atoms with Crippen molar-refractivity contribution in [2.24, 2.45) is 5.14 Å². The van der Waals surface area contributed by atoms with Gasteiger partial charge >= 0.3 is 0 Å². The molecule has 0 aliphatic carbocycles. The highest BCUT2D eigenvalue weighted by atomic mass is 79.9. The Balaban J connectivity index is 2.18. The van der Waals surface area contributed by atoms with Crippen LogP contribution < -0.4 is 15.8 Å². The van der Waals surface area contributed by atoms with Gasteiger partial charge in [0.1, 0.15) is 5.82 Å². The van der Waals surface area contributed by atoms with Crippen LogP contribution >= 0.6 is 15.9 Å². The summed E-state index contributed by atoms with van der Waals surface area (Å²) < 4.78 is 23.1. The number of halogens is 1. The van der Waals surface area contributed by atoms with Gasteiger partial charge in [0.05, 0.1) is 16.0 Å². The second-order valence-electron chi connectivity index (χ2n) is 4.81. The number of benzene rings is 1. The van der Waals surface area contributed by atoms with Crippen LogP contribution in [0.15, 0.2) is 39.8 Å². The van der Waals surface area contributed by atoms with Crippen LogP contribution in [0.1, 0.15) is 6.92 Å². The zero-order chi connectivity index (χ0) is 17.0. The predicted octanol–water partition coefficient (Wildman–Crippen LogP) is 1.42. The number of nitrogens with two attached hydrogens (primary N) is 1. The van der Waals surface area contributed by atoms with Crippen molar-refractivity contribution in [3.05, 3.63) is 34.9 Å². The molecule has 0 fully saturated rings. The van der Waals surface area contributed by atoms with Gasteiger partial charge in [-0.2, -0.15) is 4.98 Å². The Morgan fingerprint density at radius 1 is 1.35 bits per heavy atom. The van der Waals surface area contributed by atoms with Gasteiger partial charge in [-0.05, 0) is 47.1 Å². The summed E-state index contributed by atoms with van der Waals surface area (Å²) in [5.74, 6) is 0.856. The quantitative estimate of drug-likeness (QED) is 0.575. The molecule has 0 amide bonds. The van der Waals surface area contributed by atoms with Crippen LogP contribution in [-0.4, -0.2) is 36.1 Å². The molecule has 124 valence electrons. The highest BCUT2D eigenvalue weighted by Gasteiger charge is 2.10. The maximum atomic E-state index is 11.2. The third kappa shape index (κ3) is 4.86. The van der Waals surface area contributed by atoms with E-state index in [1.807, 2.05) is 6.92 Å². The van der Waals surface area contributed by atoms with Crippen LogP contribution in [0.4, 0.5) is 17.5 Å². The molecule has 0 unspecified atom stereocenters. The zero-order valence-corrected chi connectivity index (χ0v) is 14.6. The number of aliphatic hydroxyl groups is 1. The summed E-state index contributed by atoms with van der Waals surface area (Å²) in [5, 5.41) is 20.1. The average Bonchev–Trinajstić information content (AvgIpc) is 2.50. The van der Waals surface area contributed by atoms with E-state index >= 15 is 0 Å². The van der Waals surface area contributed by atoms with Gasteiger partial charge in [0.15, 0.2) is 0 Å². The van der Waals surface area contributed by atoms with E-state index in [1.165, 1.54) is 12.1 Å². The molecule has 0 bridgehead atoms. The molecule has 0 radical (unpaired) electrons. The van der Waals surface area contributed by atoms with Gasteiger partial charge < -0.3 is 15.7 Å². The van der Waals surface area contributed by atoms with Crippen LogP contribution in [0.5, 0.6) is 0 Å². The van der Waals surface area contributed by atoms with Crippen molar-refractivity contribution < 1.29 is 13.5 Å². The summed E-state index contributed by atoms with van der Waals surface area (Å²) in [4.78, 5) is 8.44. The van der Waals surface area contributed by atoms with Crippen LogP contribution in [0.3, 0.4) is 0 Å². The summed E-state index contributed by atoms with van der Waals surface area (Å²) in [6.45, 7) is 1.78. The zero-order valence-electron chi connectivity index (χ0n) is 12.2. The molecule has 2 aromatic rings. The first-order valence-corrected chi connectivity index (χ1v) is 8.93. The monoisotopic (exact) mass is 401 g/mol. The molecule has 5 N–H and O–H groups in total. The van der Waals surface area contributed by atoms with Crippen LogP contribution in [0.2, 0.25) is 0 Å². The fraction of sp³-hybridized carbons (Fsp3) is 0.231. The van der Waals surface area contributed by atoms with Crippen molar-refractivity contribution >= 4 is 43.4 Å². The second kappa shape index (κ2) is 7.21. The van der Waals surface area contributed by atoms with E-state index < -0.39 is 10.0 Å². The number of nitrogens with zero attached hydrogens (tertiary/aromatic N) is 2. The summed E-state index contributed by atoms with van der Waals surface area (Å²) in [7, 11) is -3.72. The first kappa shape index (κ1) is 17.6. The topological polar surface area (TPSA) is 130 Å². The molecule has 1 heterocycles. The first-order valence-electron chi connectivity index (χ1n) is 6.59. The smallest absolute Gasteiger partial charge is 0.238 e. The van der Waals surface area contributed by atoms with Gasteiger partial charge in [0, 0.05) is 17.9 Å². The molecule has 23 heavy (non-hydrogen) atoms. The molecule has 1 atom stereocenters. The second-order valence-corrected chi connectivity index (χ2v) is 7.23. The summed E-state index contributed by atoms with van der Waals surface area (Å²) in [6, 6.07) is 5.75. The Morgan fingerprint density at radius 3 is 2.57 bits per heavy atom. The summed E-state index contributed by atoms with van der Waals surface area (Å²) in [6.07, 6.45) is 1.57. The predicted molar refractivity (Wildman–Crippen MR) is 91.0 cm³/mol. The number of primary sulfonamides is 1. The highest BCUT2D eigenvalue weighted by Crippen LogP contribution is 2.23. The van der Waals surface area contributed by atoms with Gasteiger partial charge in [-0.25, -0.2) is 18.5 Å². The first-order chi connectivity index (χ1) is 10.8. The fourth-order valence-electron chi connectivity index (χ4n) is 1.66. The number of anilines is 3.